The highest BCUT2D eigenvalue weighted by molar-refractivity contribution is 5.91. The molecule has 1 heterocycles. The van der Waals surface area contributed by atoms with Gasteiger partial charge in [-0.1, -0.05) is 0 Å². The van der Waals surface area contributed by atoms with E-state index in [-0.39, 0.29) is 12.6 Å². The number of nitrogens with one attached hydrogen (secondary N) is 1. The number of hydrogen-bond acceptors (Lipinski definition) is 4. The largest absolute Gasteiger partial charge is 0.479 e. The molecule has 100 valence electrons. The van der Waals surface area contributed by atoms with Crippen LogP contribution in [0.5, 0.6) is 0 Å². The summed E-state index contributed by atoms with van der Waals surface area (Å²) in [6, 6.07) is 1.78. The van der Waals surface area contributed by atoms with E-state index in [1.807, 2.05) is 13.8 Å². The lowest BCUT2D eigenvalue weighted by molar-refractivity contribution is -0.150. The van der Waals surface area contributed by atoms with Gasteiger partial charge < -0.3 is 15.2 Å². The standard InChI is InChI=1S/C11H17N3O4/c1-7(2)14-9(4-5-12-14)13-10(15)6-18-8(3)11(16)17/h4-5,7-8H,6H2,1-3H3,(H,13,15)(H,16,17)/t8-/m1/s1. The van der Waals surface area contributed by atoms with Crippen molar-refractivity contribution in [1.29, 1.82) is 0 Å². The Kier molecular flexibility index (Phi) is 4.85. The molecule has 0 aliphatic carbocycles. The average molecular weight is 255 g/mol. The number of hydrogen-bond donors (Lipinski definition) is 2. The lowest BCUT2D eigenvalue weighted by atomic mass is 10.4. The third-order valence-electron chi connectivity index (χ3n) is 2.24. The lowest BCUT2D eigenvalue weighted by Gasteiger charge is -2.12. The SMILES string of the molecule is CC(C)n1nccc1NC(=O)CO[C@H](C)C(=O)O. The van der Waals surface area contributed by atoms with Crippen LogP contribution in [0.4, 0.5) is 5.82 Å². The molecule has 18 heavy (non-hydrogen) atoms. The van der Waals surface area contributed by atoms with Gasteiger partial charge in [0, 0.05) is 12.1 Å². The van der Waals surface area contributed by atoms with Crippen LogP contribution in [0.3, 0.4) is 0 Å². The van der Waals surface area contributed by atoms with E-state index >= 15 is 0 Å². The van der Waals surface area contributed by atoms with Crippen molar-refractivity contribution in [3.63, 3.8) is 0 Å². The van der Waals surface area contributed by atoms with Gasteiger partial charge in [0.2, 0.25) is 0 Å². The Labute approximate surface area is 105 Å². The maximum absolute atomic E-state index is 11.5. The molecular weight excluding hydrogens is 238 g/mol. The second kappa shape index (κ2) is 6.15. The molecule has 2 N–H and O–H groups in total. The molecule has 7 heteroatoms. The maximum Gasteiger partial charge on any atom is 0.332 e. The van der Waals surface area contributed by atoms with Crippen molar-refractivity contribution >= 4 is 17.7 Å². The minimum absolute atomic E-state index is 0.120. The topological polar surface area (TPSA) is 93.5 Å². The van der Waals surface area contributed by atoms with E-state index in [0.717, 1.165) is 0 Å². The summed E-state index contributed by atoms with van der Waals surface area (Å²) in [5.41, 5.74) is 0. The van der Waals surface area contributed by atoms with Crippen LogP contribution in [0, 0.1) is 0 Å². The van der Waals surface area contributed by atoms with Gasteiger partial charge in [-0.25, -0.2) is 9.48 Å². The number of carbonyl (C=O) groups excluding carboxylic acids is 1. The van der Waals surface area contributed by atoms with Gasteiger partial charge in [-0.3, -0.25) is 4.79 Å². The summed E-state index contributed by atoms with van der Waals surface area (Å²) >= 11 is 0. The molecule has 0 fully saturated rings. The first kappa shape index (κ1) is 14.2. The van der Waals surface area contributed by atoms with Crippen LogP contribution in [-0.2, 0) is 14.3 Å². The van der Waals surface area contributed by atoms with Crippen molar-refractivity contribution in [2.45, 2.75) is 32.9 Å². The highest BCUT2D eigenvalue weighted by atomic mass is 16.5. The molecule has 1 atom stereocenters. The zero-order valence-electron chi connectivity index (χ0n) is 10.6. The van der Waals surface area contributed by atoms with Crippen LogP contribution in [0.2, 0.25) is 0 Å². The Morgan fingerprint density at radius 1 is 1.50 bits per heavy atom. The van der Waals surface area contributed by atoms with Gasteiger partial charge >= 0.3 is 5.97 Å². The molecule has 7 nitrogen and oxygen atoms in total. The maximum atomic E-state index is 11.5. The Balaban J connectivity index is 2.50. The number of carboxylic acid groups (broad SMARTS) is 1. The van der Waals surface area contributed by atoms with Gasteiger partial charge in [0.25, 0.3) is 5.91 Å². The Morgan fingerprint density at radius 3 is 2.72 bits per heavy atom. The minimum Gasteiger partial charge on any atom is -0.479 e. The molecule has 0 aliphatic rings. The summed E-state index contributed by atoms with van der Waals surface area (Å²) < 4.78 is 6.52. The molecule has 0 aliphatic heterocycles. The summed E-state index contributed by atoms with van der Waals surface area (Å²) in [7, 11) is 0. The zero-order chi connectivity index (χ0) is 13.7. The summed E-state index contributed by atoms with van der Waals surface area (Å²) in [4.78, 5) is 22.0. The van der Waals surface area contributed by atoms with Gasteiger partial charge in [-0.15, -0.1) is 0 Å². The Bertz CT molecular complexity index is 428. The van der Waals surface area contributed by atoms with E-state index in [1.165, 1.54) is 6.92 Å². The molecule has 0 unspecified atom stereocenters. The number of rotatable bonds is 6. The molecule has 1 amide bonds. The molecule has 1 rings (SSSR count). The summed E-state index contributed by atoms with van der Waals surface area (Å²) in [5, 5.41) is 15.3. The van der Waals surface area contributed by atoms with Crippen LogP contribution >= 0.6 is 0 Å². The second-order valence-electron chi connectivity index (χ2n) is 4.09. The normalized spacial score (nSPS) is 12.4. The molecule has 0 spiro atoms. The quantitative estimate of drug-likeness (QED) is 0.787. The van der Waals surface area contributed by atoms with Gasteiger partial charge in [-0.2, -0.15) is 5.10 Å². The van der Waals surface area contributed by atoms with Gasteiger partial charge in [-0.05, 0) is 20.8 Å². The average Bonchev–Trinajstić information content (AvgIpc) is 2.73. The number of carbonyl (C=O) groups is 2. The number of amides is 1. The number of aromatic nitrogens is 2. The van der Waals surface area contributed by atoms with E-state index in [2.05, 4.69) is 10.4 Å². The highest BCUT2D eigenvalue weighted by Crippen LogP contribution is 2.12. The third-order valence-corrected chi connectivity index (χ3v) is 2.24. The molecular formula is C11H17N3O4. The first-order chi connectivity index (χ1) is 8.41. The number of aliphatic carboxylic acids is 1. The van der Waals surface area contributed by atoms with E-state index in [4.69, 9.17) is 9.84 Å². The van der Waals surface area contributed by atoms with Gasteiger partial charge in [0.1, 0.15) is 12.4 Å². The minimum atomic E-state index is -1.10. The van der Waals surface area contributed by atoms with Crippen molar-refractivity contribution in [1.82, 2.24) is 9.78 Å². The number of nitrogens with zero attached hydrogens (tertiary/aromatic N) is 2. The summed E-state index contributed by atoms with van der Waals surface area (Å²) in [6.45, 7) is 4.93. The van der Waals surface area contributed by atoms with Crippen molar-refractivity contribution in [3.8, 4) is 0 Å². The number of ether oxygens (including phenoxy) is 1. The zero-order valence-corrected chi connectivity index (χ0v) is 10.6. The highest BCUT2D eigenvalue weighted by Gasteiger charge is 2.14. The van der Waals surface area contributed by atoms with E-state index in [9.17, 15) is 9.59 Å². The van der Waals surface area contributed by atoms with E-state index in [0.29, 0.717) is 5.82 Å². The molecule has 1 aromatic rings. The van der Waals surface area contributed by atoms with Crippen molar-refractivity contribution in [2.75, 3.05) is 11.9 Å². The molecule has 0 radical (unpaired) electrons. The summed E-state index contributed by atoms with van der Waals surface area (Å²) in [5.74, 6) is -0.956. The smallest absolute Gasteiger partial charge is 0.332 e. The van der Waals surface area contributed by atoms with E-state index < -0.39 is 18.0 Å². The van der Waals surface area contributed by atoms with Crippen LogP contribution in [0.25, 0.3) is 0 Å². The number of carboxylic acids is 1. The van der Waals surface area contributed by atoms with Crippen LogP contribution in [0.1, 0.15) is 26.8 Å². The number of anilines is 1. The van der Waals surface area contributed by atoms with Crippen molar-refractivity contribution in [2.24, 2.45) is 0 Å². The first-order valence-electron chi connectivity index (χ1n) is 5.59. The fourth-order valence-corrected chi connectivity index (χ4v) is 1.28. The molecule has 0 bridgehead atoms. The van der Waals surface area contributed by atoms with E-state index in [1.54, 1.807) is 16.9 Å². The van der Waals surface area contributed by atoms with Gasteiger partial charge in [0.15, 0.2) is 6.10 Å². The third kappa shape index (κ3) is 3.85. The molecule has 0 saturated carbocycles. The predicted molar refractivity (Wildman–Crippen MR) is 64.3 cm³/mol. The first-order valence-corrected chi connectivity index (χ1v) is 5.59. The van der Waals surface area contributed by atoms with Crippen LogP contribution in [-0.4, -0.2) is 39.5 Å². The predicted octanol–water partition coefficient (Wildman–Crippen LogP) is 0.892. The summed E-state index contributed by atoms with van der Waals surface area (Å²) in [6.07, 6.45) is 0.571. The van der Waals surface area contributed by atoms with Crippen LogP contribution in [0.15, 0.2) is 12.3 Å². The monoisotopic (exact) mass is 255 g/mol. The Morgan fingerprint density at radius 2 is 2.17 bits per heavy atom. The molecule has 0 saturated heterocycles. The fraction of sp³-hybridized carbons (Fsp3) is 0.545. The fourth-order valence-electron chi connectivity index (χ4n) is 1.28. The molecule has 1 aromatic heterocycles. The lowest BCUT2D eigenvalue weighted by Crippen LogP contribution is -2.27. The molecule has 0 aromatic carbocycles. The van der Waals surface area contributed by atoms with Crippen molar-refractivity contribution < 1.29 is 19.4 Å². The van der Waals surface area contributed by atoms with Crippen LogP contribution < -0.4 is 5.32 Å². The second-order valence-corrected chi connectivity index (χ2v) is 4.09. The Hall–Kier alpha value is -1.89. The van der Waals surface area contributed by atoms with Gasteiger partial charge in [0.05, 0.1) is 6.20 Å². The van der Waals surface area contributed by atoms with Crippen molar-refractivity contribution in [3.05, 3.63) is 12.3 Å².